The number of nitrogens with zero attached hydrogens (tertiary/aromatic N) is 6. The SMILES string of the molecule is CNC1CN(c2cc(N)nc(C3CCCC3)n2)C1.CN[C@@H]1CCN(c2cc(N)nc(C3CCC3)n2)C1. The molecule has 2 aromatic rings. The summed E-state index contributed by atoms with van der Waals surface area (Å²) in [6, 6.07) is 4.94. The van der Waals surface area contributed by atoms with Crippen LogP contribution in [0.25, 0.3) is 0 Å². The maximum absolute atomic E-state index is 5.92. The van der Waals surface area contributed by atoms with Crippen molar-refractivity contribution in [3.8, 4) is 0 Å². The monoisotopic (exact) mass is 494 g/mol. The Kier molecular flexibility index (Phi) is 7.71. The van der Waals surface area contributed by atoms with Gasteiger partial charge in [-0.15, -0.1) is 0 Å². The number of hydrogen-bond acceptors (Lipinski definition) is 10. The van der Waals surface area contributed by atoms with Gasteiger partial charge in [-0.1, -0.05) is 19.3 Å². The second-order valence-electron chi connectivity index (χ2n) is 10.7. The van der Waals surface area contributed by atoms with E-state index in [1.54, 1.807) is 0 Å². The molecule has 6 N–H and O–H groups in total. The van der Waals surface area contributed by atoms with Gasteiger partial charge in [0.2, 0.25) is 0 Å². The van der Waals surface area contributed by atoms with Crippen molar-refractivity contribution in [2.45, 2.75) is 75.3 Å². The molecular formula is C26H42N10. The Hall–Kier alpha value is -2.72. The largest absolute Gasteiger partial charge is 0.384 e. The van der Waals surface area contributed by atoms with E-state index < -0.39 is 0 Å². The van der Waals surface area contributed by atoms with Gasteiger partial charge in [-0.05, 0) is 46.2 Å². The first-order chi connectivity index (χ1) is 17.5. The molecular weight excluding hydrogens is 452 g/mol. The maximum Gasteiger partial charge on any atom is 0.136 e. The quantitative estimate of drug-likeness (QED) is 0.474. The third-order valence-electron chi connectivity index (χ3n) is 8.22. The summed E-state index contributed by atoms with van der Waals surface area (Å²) in [7, 11) is 4.02. The van der Waals surface area contributed by atoms with Crippen molar-refractivity contribution in [2.75, 3.05) is 61.5 Å². The molecule has 2 aromatic heterocycles. The molecule has 4 fully saturated rings. The van der Waals surface area contributed by atoms with Crippen LogP contribution in [0.1, 0.15) is 74.9 Å². The molecule has 10 heteroatoms. The summed E-state index contributed by atoms with van der Waals surface area (Å²) in [4.78, 5) is 22.8. The summed E-state index contributed by atoms with van der Waals surface area (Å²) >= 11 is 0. The fraction of sp³-hybridized carbons (Fsp3) is 0.692. The molecule has 196 valence electrons. The molecule has 0 spiro atoms. The summed E-state index contributed by atoms with van der Waals surface area (Å²) < 4.78 is 0. The second-order valence-corrected chi connectivity index (χ2v) is 10.7. The van der Waals surface area contributed by atoms with Crippen LogP contribution in [0.15, 0.2) is 12.1 Å². The Balaban J connectivity index is 0.000000148. The molecule has 0 unspecified atom stereocenters. The topological polar surface area (TPSA) is 134 Å². The van der Waals surface area contributed by atoms with Crippen molar-refractivity contribution < 1.29 is 0 Å². The van der Waals surface area contributed by atoms with Crippen molar-refractivity contribution in [3.63, 3.8) is 0 Å². The third-order valence-corrected chi connectivity index (χ3v) is 8.22. The normalized spacial score (nSPS) is 22.8. The second kappa shape index (κ2) is 11.1. The lowest BCUT2D eigenvalue weighted by molar-refractivity contribution is 0.402. The van der Waals surface area contributed by atoms with Crippen molar-refractivity contribution in [2.24, 2.45) is 0 Å². The number of nitrogen functional groups attached to an aromatic ring is 2. The highest BCUT2D eigenvalue weighted by Crippen LogP contribution is 2.36. The predicted octanol–water partition coefficient (Wildman–Crippen LogP) is 2.25. The minimum Gasteiger partial charge on any atom is -0.384 e. The van der Waals surface area contributed by atoms with E-state index in [4.69, 9.17) is 21.4 Å². The molecule has 10 nitrogen and oxygen atoms in total. The van der Waals surface area contributed by atoms with Crippen LogP contribution in [0.3, 0.4) is 0 Å². The first-order valence-corrected chi connectivity index (χ1v) is 13.7. The van der Waals surface area contributed by atoms with Gasteiger partial charge in [0.25, 0.3) is 0 Å². The van der Waals surface area contributed by atoms with E-state index in [1.165, 1.54) is 51.4 Å². The van der Waals surface area contributed by atoms with Gasteiger partial charge in [-0.3, -0.25) is 0 Å². The molecule has 6 rings (SSSR count). The number of anilines is 4. The molecule has 0 aromatic carbocycles. The van der Waals surface area contributed by atoms with Crippen molar-refractivity contribution in [1.29, 1.82) is 0 Å². The zero-order valence-electron chi connectivity index (χ0n) is 21.8. The first-order valence-electron chi connectivity index (χ1n) is 13.7. The Labute approximate surface area is 214 Å². The summed E-state index contributed by atoms with van der Waals surface area (Å²) in [5, 5.41) is 6.59. The lowest BCUT2D eigenvalue weighted by atomic mass is 9.85. The molecule has 0 amide bonds. The average molecular weight is 495 g/mol. The molecule has 2 saturated heterocycles. The Morgan fingerprint density at radius 1 is 0.667 bits per heavy atom. The lowest BCUT2D eigenvalue weighted by Gasteiger charge is -2.40. The molecule has 2 saturated carbocycles. The molecule has 2 aliphatic carbocycles. The summed E-state index contributed by atoms with van der Waals surface area (Å²) in [6.45, 7) is 4.08. The summed E-state index contributed by atoms with van der Waals surface area (Å²) in [6.07, 6.45) is 9.89. The Morgan fingerprint density at radius 2 is 1.17 bits per heavy atom. The van der Waals surface area contributed by atoms with E-state index in [0.717, 1.165) is 49.5 Å². The fourth-order valence-corrected chi connectivity index (χ4v) is 5.53. The van der Waals surface area contributed by atoms with E-state index >= 15 is 0 Å². The van der Waals surface area contributed by atoms with Gasteiger partial charge in [-0.2, -0.15) is 0 Å². The van der Waals surface area contributed by atoms with Crippen molar-refractivity contribution in [1.82, 2.24) is 30.6 Å². The predicted molar refractivity (Wildman–Crippen MR) is 145 cm³/mol. The van der Waals surface area contributed by atoms with E-state index in [1.807, 2.05) is 26.2 Å². The van der Waals surface area contributed by atoms with Gasteiger partial charge in [0.15, 0.2) is 0 Å². The Morgan fingerprint density at radius 3 is 1.64 bits per heavy atom. The fourth-order valence-electron chi connectivity index (χ4n) is 5.53. The van der Waals surface area contributed by atoms with Gasteiger partial charge >= 0.3 is 0 Å². The molecule has 4 aliphatic rings. The number of nitrogens with one attached hydrogen (secondary N) is 2. The molecule has 1 atom stereocenters. The van der Waals surface area contributed by atoms with Crippen LogP contribution in [-0.4, -0.2) is 72.3 Å². The molecule has 2 aliphatic heterocycles. The summed E-state index contributed by atoms with van der Waals surface area (Å²) in [5.41, 5.74) is 11.8. The molecule has 0 radical (unpaired) electrons. The first kappa shape index (κ1) is 25.0. The highest BCUT2D eigenvalue weighted by atomic mass is 15.3. The van der Waals surface area contributed by atoms with Gasteiger partial charge in [0.05, 0.1) is 0 Å². The van der Waals surface area contributed by atoms with Gasteiger partial charge in [0, 0.05) is 62.2 Å². The molecule has 4 heterocycles. The number of likely N-dealkylation sites (N-methyl/N-ethyl adjacent to an activating group) is 2. The van der Waals surface area contributed by atoms with Crippen LogP contribution in [-0.2, 0) is 0 Å². The number of hydrogen-bond donors (Lipinski definition) is 4. The number of aromatic nitrogens is 4. The van der Waals surface area contributed by atoms with E-state index in [2.05, 4.69) is 30.4 Å². The van der Waals surface area contributed by atoms with Gasteiger partial charge in [-0.25, -0.2) is 19.9 Å². The average Bonchev–Trinajstić information content (AvgIpc) is 3.49. The lowest BCUT2D eigenvalue weighted by Crippen LogP contribution is -2.57. The van der Waals surface area contributed by atoms with Crippen LogP contribution in [0, 0.1) is 0 Å². The standard InChI is InChI=1S/2C13H21N5/c1-15-10-5-6-18(8-10)12-7-11(14)16-13(17-12)9-3-2-4-9;1-15-10-7-18(8-10)12-6-11(14)16-13(17-12)9-4-2-3-5-9/h7,9-10,15H,2-6,8H2,1H3,(H2,14,16,17);6,9-10,15H,2-5,7-8H2,1H3,(H2,14,16,17)/t10-;/m1./s1. The maximum atomic E-state index is 5.92. The van der Waals surface area contributed by atoms with Crippen LogP contribution >= 0.6 is 0 Å². The highest BCUT2D eigenvalue weighted by Gasteiger charge is 2.29. The van der Waals surface area contributed by atoms with Gasteiger partial charge < -0.3 is 31.9 Å². The number of nitrogens with two attached hydrogens (primary N) is 2. The summed E-state index contributed by atoms with van der Waals surface area (Å²) in [5.74, 6) is 6.17. The Bertz CT molecular complexity index is 1010. The van der Waals surface area contributed by atoms with Crippen LogP contribution in [0.5, 0.6) is 0 Å². The van der Waals surface area contributed by atoms with E-state index in [9.17, 15) is 0 Å². The zero-order valence-corrected chi connectivity index (χ0v) is 21.8. The highest BCUT2D eigenvalue weighted by molar-refractivity contribution is 5.50. The number of rotatable bonds is 6. The van der Waals surface area contributed by atoms with Crippen LogP contribution < -0.4 is 31.9 Å². The van der Waals surface area contributed by atoms with Crippen molar-refractivity contribution >= 4 is 23.3 Å². The smallest absolute Gasteiger partial charge is 0.136 e. The van der Waals surface area contributed by atoms with Crippen molar-refractivity contribution in [3.05, 3.63) is 23.8 Å². The van der Waals surface area contributed by atoms with E-state index in [0.29, 0.717) is 35.6 Å². The molecule has 36 heavy (non-hydrogen) atoms. The minimum atomic E-state index is 0.522. The molecule has 0 bridgehead atoms. The van der Waals surface area contributed by atoms with Crippen LogP contribution in [0.2, 0.25) is 0 Å². The van der Waals surface area contributed by atoms with E-state index in [-0.39, 0.29) is 0 Å². The third kappa shape index (κ3) is 5.64. The zero-order chi connectivity index (χ0) is 25.1. The van der Waals surface area contributed by atoms with Crippen LogP contribution in [0.4, 0.5) is 23.3 Å². The minimum absolute atomic E-state index is 0.522. The van der Waals surface area contributed by atoms with Gasteiger partial charge in [0.1, 0.15) is 34.9 Å².